The van der Waals surface area contributed by atoms with Crippen molar-refractivity contribution in [3.63, 3.8) is 0 Å². The third-order valence-corrected chi connectivity index (χ3v) is 3.11. The molecule has 0 aliphatic carbocycles. The number of aryl methyl sites for hydroxylation is 1. The van der Waals surface area contributed by atoms with Crippen LogP contribution in [0.25, 0.3) is 0 Å². The SMILES string of the molecule is CCC(NCc1cn(C)nn1)c1ccc(Cl)cc1. The molecule has 0 saturated heterocycles. The fraction of sp³-hybridized carbons (Fsp3) is 0.385. The monoisotopic (exact) mass is 264 g/mol. The topological polar surface area (TPSA) is 42.7 Å². The van der Waals surface area contributed by atoms with Gasteiger partial charge in [-0.1, -0.05) is 35.9 Å². The van der Waals surface area contributed by atoms with Crippen molar-refractivity contribution in [1.82, 2.24) is 20.3 Å². The van der Waals surface area contributed by atoms with Crippen LogP contribution in [0.4, 0.5) is 0 Å². The zero-order valence-corrected chi connectivity index (χ0v) is 11.4. The maximum atomic E-state index is 5.89. The zero-order chi connectivity index (χ0) is 13.0. The molecule has 0 spiro atoms. The molecule has 1 aromatic heterocycles. The highest BCUT2D eigenvalue weighted by molar-refractivity contribution is 6.30. The Kier molecular flexibility index (Phi) is 4.33. The van der Waals surface area contributed by atoms with E-state index >= 15 is 0 Å². The molecule has 1 unspecified atom stereocenters. The Bertz CT molecular complexity index is 492. The molecule has 0 saturated carbocycles. The minimum absolute atomic E-state index is 0.310. The summed E-state index contributed by atoms with van der Waals surface area (Å²) in [6, 6.07) is 8.26. The average molecular weight is 265 g/mol. The molecule has 1 N–H and O–H groups in total. The number of nitrogens with one attached hydrogen (secondary N) is 1. The number of hydrogen-bond donors (Lipinski definition) is 1. The molecule has 0 radical (unpaired) electrons. The minimum atomic E-state index is 0.310. The largest absolute Gasteiger partial charge is 0.304 e. The summed E-state index contributed by atoms with van der Waals surface area (Å²) >= 11 is 5.89. The molecule has 0 aliphatic heterocycles. The van der Waals surface area contributed by atoms with E-state index in [0.29, 0.717) is 6.04 Å². The van der Waals surface area contributed by atoms with Gasteiger partial charge in [-0.05, 0) is 24.1 Å². The van der Waals surface area contributed by atoms with Gasteiger partial charge in [0, 0.05) is 30.9 Å². The van der Waals surface area contributed by atoms with Crippen molar-refractivity contribution in [2.75, 3.05) is 0 Å². The second kappa shape index (κ2) is 5.98. The van der Waals surface area contributed by atoms with Crippen molar-refractivity contribution in [2.45, 2.75) is 25.9 Å². The predicted molar refractivity (Wildman–Crippen MR) is 72.3 cm³/mol. The van der Waals surface area contributed by atoms with E-state index in [2.05, 4.69) is 34.7 Å². The van der Waals surface area contributed by atoms with Crippen molar-refractivity contribution in [2.24, 2.45) is 7.05 Å². The van der Waals surface area contributed by atoms with Crippen molar-refractivity contribution in [1.29, 1.82) is 0 Å². The number of rotatable bonds is 5. The molecule has 1 heterocycles. The second-order valence-electron chi connectivity index (χ2n) is 4.28. The molecule has 1 aromatic carbocycles. The maximum Gasteiger partial charge on any atom is 0.0964 e. The molecule has 5 heteroatoms. The lowest BCUT2D eigenvalue weighted by atomic mass is 10.0. The highest BCUT2D eigenvalue weighted by Gasteiger charge is 2.09. The van der Waals surface area contributed by atoms with E-state index < -0.39 is 0 Å². The van der Waals surface area contributed by atoms with E-state index in [0.717, 1.165) is 23.7 Å². The van der Waals surface area contributed by atoms with Gasteiger partial charge in [-0.15, -0.1) is 5.10 Å². The van der Waals surface area contributed by atoms with E-state index in [-0.39, 0.29) is 0 Å². The molecule has 96 valence electrons. The highest BCUT2D eigenvalue weighted by atomic mass is 35.5. The summed E-state index contributed by atoms with van der Waals surface area (Å²) in [7, 11) is 1.87. The summed E-state index contributed by atoms with van der Waals surface area (Å²) < 4.78 is 1.71. The lowest BCUT2D eigenvalue weighted by molar-refractivity contribution is 0.514. The highest BCUT2D eigenvalue weighted by Crippen LogP contribution is 2.19. The van der Waals surface area contributed by atoms with E-state index in [1.54, 1.807) is 4.68 Å². The number of hydrogen-bond acceptors (Lipinski definition) is 3. The van der Waals surface area contributed by atoms with Gasteiger partial charge >= 0.3 is 0 Å². The first kappa shape index (κ1) is 13.1. The standard InChI is InChI=1S/C13H17ClN4/c1-3-13(10-4-6-11(14)7-5-10)15-8-12-9-18(2)17-16-12/h4-7,9,13,15H,3,8H2,1-2H3. The lowest BCUT2D eigenvalue weighted by Gasteiger charge is -2.16. The predicted octanol–water partition coefficient (Wildman–Crippen LogP) is 2.71. The molecular weight excluding hydrogens is 248 g/mol. The molecule has 0 bridgehead atoms. The summed E-state index contributed by atoms with van der Waals surface area (Å²) in [5.41, 5.74) is 2.19. The maximum absolute atomic E-state index is 5.89. The van der Waals surface area contributed by atoms with Crippen molar-refractivity contribution >= 4 is 11.6 Å². The van der Waals surface area contributed by atoms with E-state index in [1.807, 2.05) is 25.4 Å². The number of nitrogens with zero attached hydrogens (tertiary/aromatic N) is 3. The van der Waals surface area contributed by atoms with Crippen molar-refractivity contribution in [3.8, 4) is 0 Å². The van der Waals surface area contributed by atoms with Crippen LogP contribution >= 0.6 is 11.6 Å². The van der Waals surface area contributed by atoms with E-state index in [4.69, 9.17) is 11.6 Å². The summed E-state index contributed by atoms with van der Waals surface area (Å²) in [6.45, 7) is 2.87. The molecule has 0 aliphatic rings. The third-order valence-electron chi connectivity index (χ3n) is 2.86. The first-order valence-corrected chi connectivity index (χ1v) is 6.41. The Morgan fingerprint density at radius 2 is 2.06 bits per heavy atom. The molecule has 18 heavy (non-hydrogen) atoms. The molecule has 1 atom stereocenters. The van der Waals surface area contributed by atoms with Crippen LogP contribution in [-0.2, 0) is 13.6 Å². The van der Waals surface area contributed by atoms with Crippen LogP contribution in [0.15, 0.2) is 30.5 Å². The Morgan fingerprint density at radius 3 is 2.61 bits per heavy atom. The smallest absolute Gasteiger partial charge is 0.0964 e. The zero-order valence-electron chi connectivity index (χ0n) is 10.6. The Morgan fingerprint density at radius 1 is 1.33 bits per heavy atom. The fourth-order valence-corrected chi connectivity index (χ4v) is 2.02. The first-order valence-electron chi connectivity index (χ1n) is 6.03. The van der Waals surface area contributed by atoms with E-state index in [1.165, 1.54) is 5.56 Å². The Balaban J connectivity index is 1.99. The quantitative estimate of drug-likeness (QED) is 0.903. The lowest BCUT2D eigenvalue weighted by Crippen LogP contribution is -2.20. The van der Waals surface area contributed by atoms with Crippen LogP contribution in [0.5, 0.6) is 0 Å². The van der Waals surface area contributed by atoms with Crippen LogP contribution in [0.3, 0.4) is 0 Å². The summed E-state index contributed by atoms with van der Waals surface area (Å²) in [4.78, 5) is 0. The number of aromatic nitrogens is 3. The van der Waals surface area contributed by atoms with Gasteiger partial charge in [0.15, 0.2) is 0 Å². The molecule has 0 fully saturated rings. The fourth-order valence-electron chi connectivity index (χ4n) is 1.90. The molecular formula is C13H17ClN4. The third kappa shape index (κ3) is 3.31. The molecule has 2 aromatic rings. The van der Waals surface area contributed by atoms with Gasteiger partial charge < -0.3 is 5.32 Å². The minimum Gasteiger partial charge on any atom is -0.304 e. The Hall–Kier alpha value is -1.39. The van der Waals surface area contributed by atoms with Gasteiger partial charge in [0.2, 0.25) is 0 Å². The van der Waals surface area contributed by atoms with Crippen LogP contribution in [0, 0.1) is 0 Å². The van der Waals surface area contributed by atoms with Crippen LogP contribution in [0.2, 0.25) is 5.02 Å². The normalized spacial score (nSPS) is 12.6. The first-order chi connectivity index (χ1) is 8.69. The molecule has 0 amide bonds. The average Bonchev–Trinajstić information content (AvgIpc) is 2.78. The summed E-state index contributed by atoms with van der Waals surface area (Å²) in [5.74, 6) is 0. The van der Waals surface area contributed by atoms with Gasteiger partial charge in [0.25, 0.3) is 0 Å². The van der Waals surface area contributed by atoms with Gasteiger partial charge in [0.1, 0.15) is 0 Å². The van der Waals surface area contributed by atoms with Crippen LogP contribution < -0.4 is 5.32 Å². The van der Waals surface area contributed by atoms with Gasteiger partial charge in [-0.3, -0.25) is 4.68 Å². The van der Waals surface area contributed by atoms with Gasteiger partial charge in [-0.25, -0.2) is 0 Å². The summed E-state index contributed by atoms with van der Waals surface area (Å²) in [5, 5.41) is 12.2. The van der Waals surface area contributed by atoms with Crippen molar-refractivity contribution < 1.29 is 0 Å². The van der Waals surface area contributed by atoms with Crippen LogP contribution in [-0.4, -0.2) is 15.0 Å². The summed E-state index contributed by atoms with van der Waals surface area (Å²) in [6.07, 6.45) is 2.93. The van der Waals surface area contributed by atoms with Gasteiger partial charge in [0.05, 0.1) is 5.69 Å². The molecule has 2 rings (SSSR count). The number of benzene rings is 1. The Labute approximate surface area is 112 Å². The number of halogens is 1. The molecule has 4 nitrogen and oxygen atoms in total. The van der Waals surface area contributed by atoms with Crippen LogP contribution in [0.1, 0.15) is 30.6 Å². The van der Waals surface area contributed by atoms with Crippen molar-refractivity contribution in [3.05, 3.63) is 46.7 Å². The van der Waals surface area contributed by atoms with Gasteiger partial charge in [-0.2, -0.15) is 0 Å². The second-order valence-corrected chi connectivity index (χ2v) is 4.71. The van der Waals surface area contributed by atoms with E-state index in [9.17, 15) is 0 Å².